The monoisotopic (exact) mass is 264 g/mol. The molecule has 0 spiro atoms. The number of carbonyl (C=O) groups is 1. The lowest BCUT2D eigenvalue weighted by Gasteiger charge is -2.24. The van der Waals surface area contributed by atoms with Crippen molar-refractivity contribution in [3.05, 3.63) is 23.9 Å². The lowest BCUT2D eigenvalue weighted by molar-refractivity contribution is -0.123. The Bertz CT molecular complexity index is 408. The molecular formula is C14H24N4O. The zero-order chi connectivity index (χ0) is 14.3. The Morgan fingerprint density at radius 3 is 2.89 bits per heavy atom. The molecule has 0 fully saturated rings. The molecule has 2 N–H and O–H groups in total. The second kappa shape index (κ2) is 7.74. The fraction of sp³-hybridized carbons (Fsp3) is 0.571. The van der Waals surface area contributed by atoms with E-state index in [0.717, 1.165) is 24.5 Å². The summed E-state index contributed by atoms with van der Waals surface area (Å²) in [5, 5.41) is 5.97. The van der Waals surface area contributed by atoms with Gasteiger partial charge in [0.25, 0.3) is 0 Å². The Labute approximate surface area is 115 Å². The minimum absolute atomic E-state index is 0.0519. The molecule has 1 rings (SSSR count). The Balaban J connectivity index is 2.75. The van der Waals surface area contributed by atoms with Gasteiger partial charge in [-0.3, -0.25) is 4.79 Å². The molecule has 0 saturated carbocycles. The van der Waals surface area contributed by atoms with Gasteiger partial charge >= 0.3 is 0 Å². The second-order valence-corrected chi connectivity index (χ2v) is 4.66. The number of aromatic nitrogens is 1. The molecule has 106 valence electrons. The third kappa shape index (κ3) is 4.52. The van der Waals surface area contributed by atoms with Crippen molar-refractivity contribution in [1.82, 2.24) is 15.6 Å². The average Bonchev–Trinajstić information content (AvgIpc) is 2.44. The summed E-state index contributed by atoms with van der Waals surface area (Å²) in [6, 6.07) is 4.00. The van der Waals surface area contributed by atoms with E-state index in [9.17, 15) is 4.79 Å². The topological polar surface area (TPSA) is 57.3 Å². The Morgan fingerprint density at radius 2 is 2.26 bits per heavy atom. The van der Waals surface area contributed by atoms with Gasteiger partial charge in [0.05, 0.1) is 5.92 Å². The van der Waals surface area contributed by atoms with Gasteiger partial charge in [-0.15, -0.1) is 0 Å². The summed E-state index contributed by atoms with van der Waals surface area (Å²) >= 11 is 0. The first-order chi connectivity index (χ1) is 9.10. The van der Waals surface area contributed by atoms with E-state index in [2.05, 4.69) is 28.6 Å². The fourth-order valence-electron chi connectivity index (χ4n) is 2.00. The second-order valence-electron chi connectivity index (χ2n) is 4.66. The number of amides is 1. The van der Waals surface area contributed by atoms with Gasteiger partial charge in [-0.05, 0) is 12.6 Å². The highest BCUT2D eigenvalue weighted by atomic mass is 16.1. The summed E-state index contributed by atoms with van der Waals surface area (Å²) in [4.78, 5) is 18.0. The summed E-state index contributed by atoms with van der Waals surface area (Å²) in [6.07, 6.45) is 1.78. The SMILES string of the molecule is CCNCc1cccnc1N(C)CC(C)C(=O)NC. The van der Waals surface area contributed by atoms with Gasteiger partial charge in [-0.25, -0.2) is 4.98 Å². The Kier molecular flexibility index (Phi) is 6.29. The van der Waals surface area contributed by atoms with Crippen molar-refractivity contribution in [2.75, 3.05) is 32.1 Å². The molecule has 0 saturated heterocycles. The lowest BCUT2D eigenvalue weighted by atomic mass is 10.1. The number of hydrogen-bond acceptors (Lipinski definition) is 4. The number of anilines is 1. The van der Waals surface area contributed by atoms with Crippen molar-refractivity contribution in [1.29, 1.82) is 0 Å². The van der Waals surface area contributed by atoms with Crippen LogP contribution in [0.1, 0.15) is 19.4 Å². The summed E-state index contributed by atoms with van der Waals surface area (Å²) in [7, 11) is 3.63. The van der Waals surface area contributed by atoms with E-state index in [-0.39, 0.29) is 11.8 Å². The lowest BCUT2D eigenvalue weighted by Crippen LogP contribution is -2.35. The summed E-state index contributed by atoms with van der Waals surface area (Å²) in [5.41, 5.74) is 1.15. The number of hydrogen-bond donors (Lipinski definition) is 2. The molecule has 0 aliphatic heterocycles. The van der Waals surface area contributed by atoms with E-state index >= 15 is 0 Å². The molecule has 0 bridgehead atoms. The normalized spacial score (nSPS) is 12.0. The van der Waals surface area contributed by atoms with Crippen molar-refractivity contribution in [3.8, 4) is 0 Å². The minimum Gasteiger partial charge on any atom is -0.359 e. The highest BCUT2D eigenvalue weighted by Crippen LogP contribution is 2.16. The van der Waals surface area contributed by atoms with E-state index in [1.54, 1.807) is 13.2 Å². The van der Waals surface area contributed by atoms with Gasteiger partial charge in [0.15, 0.2) is 0 Å². The van der Waals surface area contributed by atoms with Crippen LogP contribution in [0.25, 0.3) is 0 Å². The maximum atomic E-state index is 11.6. The van der Waals surface area contributed by atoms with Crippen LogP contribution in [0.3, 0.4) is 0 Å². The van der Waals surface area contributed by atoms with Crippen LogP contribution in [0, 0.1) is 5.92 Å². The molecule has 0 aliphatic rings. The van der Waals surface area contributed by atoms with Crippen LogP contribution in [-0.4, -0.2) is 38.1 Å². The largest absolute Gasteiger partial charge is 0.359 e. The predicted octanol–water partition coefficient (Wildman–Crippen LogP) is 1.01. The van der Waals surface area contributed by atoms with Gasteiger partial charge in [0.2, 0.25) is 5.91 Å². The standard InChI is InChI=1S/C14H24N4O/c1-5-16-9-12-7-6-8-17-13(12)18(4)10-11(2)14(19)15-3/h6-8,11,16H,5,9-10H2,1-4H3,(H,15,19). The first-order valence-corrected chi connectivity index (χ1v) is 6.67. The summed E-state index contributed by atoms with van der Waals surface area (Å²) in [6.45, 7) is 6.36. The van der Waals surface area contributed by atoms with Crippen molar-refractivity contribution in [3.63, 3.8) is 0 Å². The van der Waals surface area contributed by atoms with E-state index in [1.165, 1.54) is 0 Å². The zero-order valence-corrected chi connectivity index (χ0v) is 12.2. The van der Waals surface area contributed by atoms with Crippen LogP contribution in [0.2, 0.25) is 0 Å². The van der Waals surface area contributed by atoms with Crippen molar-refractivity contribution < 1.29 is 4.79 Å². The van der Waals surface area contributed by atoms with E-state index in [1.807, 2.05) is 24.9 Å². The molecule has 1 atom stereocenters. The first kappa shape index (κ1) is 15.4. The van der Waals surface area contributed by atoms with Crippen LogP contribution in [0.5, 0.6) is 0 Å². The molecule has 1 heterocycles. The Morgan fingerprint density at radius 1 is 1.53 bits per heavy atom. The van der Waals surface area contributed by atoms with Crippen LogP contribution in [0.4, 0.5) is 5.82 Å². The van der Waals surface area contributed by atoms with Gasteiger partial charge < -0.3 is 15.5 Å². The molecule has 5 nitrogen and oxygen atoms in total. The Hall–Kier alpha value is -1.62. The average molecular weight is 264 g/mol. The minimum atomic E-state index is -0.0657. The smallest absolute Gasteiger partial charge is 0.224 e. The number of rotatable bonds is 7. The molecule has 1 unspecified atom stereocenters. The van der Waals surface area contributed by atoms with E-state index in [4.69, 9.17) is 0 Å². The summed E-state index contributed by atoms with van der Waals surface area (Å²) < 4.78 is 0. The fourth-order valence-corrected chi connectivity index (χ4v) is 2.00. The highest BCUT2D eigenvalue weighted by Gasteiger charge is 2.16. The molecule has 1 amide bonds. The summed E-state index contributed by atoms with van der Waals surface area (Å²) in [5.74, 6) is 0.916. The molecule has 1 aromatic rings. The van der Waals surface area contributed by atoms with Gasteiger partial charge in [0.1, 0.15) is 5.82 Å². The quantitative estimate of drug-likeness (QED) is 0.772. The first-order valence-electron chi connectivity index (χ1n) is 6.67. The van der Waals surface area contributed by atoms with Gasteiger partial charge in [0, 0.05) is 38.9 Å². The number of nitrogens with zero attached hydrogens (tertiary/aromatic N) is 2. The third-order valence-electron chi connectivity index (χ3n) is 3.04. The number of carbonyl (C=O) groups excluding carboxylic acids is 1. The van der Waals surface area contributed by atoms with Crippen molar-refractivity contribution in [2.45, 2.75) is 20.4 Å². The third-order valence-corrected chi connectivity index (χ3v) is 3.04. The predicted molar refractivity (Wildman–Crippen MR) is 78.1 cm³/mol. The number of nitrogens with one attached hydrogen (secondary N) is 2. The van der Waals surface area contributed by atoms with Crippen LogP contribution in [-0.2, 0) is 11.3 Å². The van der Waals surface area contributed by atoms with E-state index < -0.39 is 0 Å². The molecule has 1 aromatic heterocycles. The molecular weight excluding hydrogens is 240 g/mol. The maximum Gasteiger partial charge on any atom is 0.224 e. The molecule has 0 aromatic carbocycles. The van der Waals surface area contributed by atoms with Crippen LogP contribution < -0.4 is 15.5 Å². The molecule has 5 heteroatoms. The highest BCUT2D eigenvalue weighted by molar-refractivity contribution is 5.78. The van der Waals surface area contributed by atoms with Crippen LogP contribution >= 0.6 is 0 Å². The van der Waals surface area contributed by atoms with Crippen molar-refractivity contribution in [2.24, 2.45) is 5.92 Å². The zero-order valence-electron chi connectivity index (χ0n) is 12.2. The number of pyridine rings is 1. The van der Waals surface area contributed by atoms with Crippen LogP contribution in [0.15, 0.2) is 18.3 Å². The van der Waals surface area contributed by atoms with E-state index in [0.29, 0.717) is 6.54 Å². The molecule has 0 radical (unpaired) electrons. The van der Waals surface area contributed by atoms with Gasteiger partial charge in [-0.1, -0.05) is 19.9 Å². The molecule has 0 aliphatic carbocycles. The van der Waals surface area contributed by atoms with Crippen molar-refractivity contribution >= 4 is 11.7 Å². The van der Waals surface area contributed by atoms with Gasteiger partial charge in [-0.2, -0.15) is 0 Å². The maximum absolute atomic E-state index is 11.6. The molecule has 19 heavy (non-hydrogen) atoms.